The van der Waals surface area contributed by atoms with Crippen LogP contribution in [0.25, 0.3) is 5.57 Å². The largest absolute Gasteiger partial charge is 0.310 e. The molecule has 220 valence electrons. The zero-order chi connectivity index (χ0) is 28.7. The second kappa shape index (κ2) is 9.74. The summed E-state index contributed by atoms with van der Waals surface area (Å²) in [5.41, 5.74) is 7.45. The number of benzene rings is 1. The monoisotopic (exact) mass is 561 g/mol. The first-order valence-electron chi connectivity index (χ1n) is 16.6. The molecule has 0 heterocycles. The molecule has 5 aliphatic carbocycles. The summed E-state index contributed by atoms with van der Waals surface area (Å²) in [5, 5.41) is 4.07. The van der Waals surface area contributed by atoms with Crippen LogP contribution in [-0.2, 0) is 0 Å². The van der Waals surface area contributed by atoms with Gasteiger partial charge in [0.15, 0.2) is 0 Å². The molecule has 0 unspecified atom stereocenters. The zero-order valence-corrected chi connectivity index (χ0v) is 27.4. The normalized spacial score (nSPS) is 45.5. The van der Waals surface area contributed by atoms with Crippen LogP contribution in [0.2, 0.25) is 0 Å². The minimum atomic E-state index is 0.199. The Hall–Kier alpha value is -1.05. The first-order chi connectivity index (χ1) is 18.8. The van der Waals surface area contributed by atoms with Crippen molar-refractivity contribution in [3.63, 3.8) is 0 Å². The third-order valence-electron chi connectivity index (χ3n) is 14.6. The Labute approximate surface area is 251 Å². The number of hydrogen-bond donors (Lipinski definition) is 1. The van der Waals surface area contributed by atoms with Crippen molar-refractivity contribution in [1.82, 2.24) is 5.32 Å². The molecule has 1 N–H and O–H groups in total. The molecule has 6 rings (SSSR count). The number of nitrogens with one attached hydrogen (secondary N) is 1. The van der Waals surface area contributed by atoms with Gasteiger partial charge in [0.25, 0.3) is 0 Å². The highest BCUT2D eigenvalue weighted by atomic mass is 35.5. The molecule has 4 saturated carbocycles. The number of hydrogen-bond acceptors (Lipinski definition) is 1. The average Bonchev–Trinajstić information content (AvgIpc) is 3.29. The SMILES string of the molecule is C=C(C)[C@@H]1CC[C@]2(NCCCl)CC[C@]3(C)[C@H](CC[C@@H]4[C@@]5(C)CC=C(c6ccc(C)cc6)C(C)(C)[C@@H]5CC[C@]43C)[C@@H]12. The van der Waals surface area contributed by atoms with Gasteiger partial charge in [-0.1, -0.05) is 82.7 Å². The van der Waals surface area contributed by atoms with Crippen LogP contribution >= 0.6 is 11.6 Å². The molecular weight excluding hydrogens is 506 g/mol. The van der Waals surface area contributed by atoms with Gasteiger partial charge in [0, 0.05) is 18.0 Å². The van der Waals surface area contributed by atoms with Crippen LogP contribution in [0.1, 0.15) is 110 Å². The van der Waals surface area contributed by atoms with E-state index in [0.29, 0.717) is 34.0 Å². The molecule has 0 saturated heterocycles. The minimum Gasteiger partial charge on any atom is -0.310 e. The Balaban J connectivity index is 1.37. The van der Waals surface area contributed by atoms with Crippen LogP contribution < -0.4 is 5.32 Å². The highest BCUT2D eigenvalue weighted by Crippen LogP contribution is 2.76. The maximum absolute atomic E-state index is 6.26. The predicted molar refractivity (Wildman–Crippen MR) is 173 cm³/mol. The Morgan fingerprint density at radius 1 is 0.900 bits per heavy atom. The zero-order valence-electron chi connectivity index (χ0n) is 26.6. The fourth-order valence-electron chi connectivity index (χ4n) is 12.6. The van der Waals surface area contributed by atoms with Crippen molar-refractivity contribution in [3.05, 3.63) is 53.6 Å². The molecule has 1 aromatic carbocycles. The van der Waals surface area contributed by atoms with E-state index in [1.165, 1.54) is 74.5 Å². The van der Waals surface area contributed by atoms with Crippen molar-refractivity contribution in [1.29, 1.82) is 0 Å². The van der Waals surface area contributed by atoms with E-state index in [-0.39, 0.29) is 11.0 Å². The van der Waals surface area contributed by atoms with Gasteiger partial charge in [-0.2, -0.15) is 0 Å². The third kappa shape index (κ3) is 3.88. The second-order valence-corrected chi connectivity index (χ2v) is 16.7. The summed E-state index contributed by atoms with van der Waals surface area (Å²) >= 11 is 6.26. The summed E-state index contributed by atoms with van der Waals surface area (Å²) in [4.78, 5) is 0. The van der Waals surface area contributed by atoms with Crippen LogP contribution in [0.3, 0.4) is 0 Å². The van der Waals surface area contributed by atoms with Crippen LogP contribution in [0.5, 0.6) is 0 Å². The summed E-state index contributed by atoms with van der Waals surface area (Å²) in [6.07, 6.45) is 14.8. The van der Waals surface area contributed by atoms with E-state index in [2.05, 4.69) is 90.7 Å². The van der Waals surface area contributed by atoms with Gasteiger partial charge in [0.2, 0.25) is 0 Å². The van der Waals surface area contributed by atoms with Crippen LogP contribution in [0.15, 0.2) is 42.5 Å². The lowest BCUT2D eigenvalue weighted by atomic mass is 9.33. The molecule has 5 aliphatic rings. The molecule has 0 spiro atoms. The van der Waals surface area contributed by atoms with E-state index in [9.17, 15) is 0 Å². The van der Waals surface area contributed by atoms with Gasteiger partial charge in [0.1, 0.15) is 0 Å². The maximum Gasteiger partial charge on any atom is 0.0348 e. The van der Waals surface area contributed by atoms with Crippen molar-refractivity contribution in [2.75, 3.05) is 12.4 Å². The number of halogens is 1. The summed E-state index contributed by atoms with van der Waals surface area (Å²) < 4.78 is 0. The quantitative estimate of drug-likeness (QED) is 0.278. The topological polar surface area (TPSA) is 12.0 Å². The Morgan fingerprint density at radius 2 is 1.62 bits per heavy atom. The van der Waals surface area contributed by atoms with Crippen LogP contribution in [0.4, 0.5) is 0 Å². The second-order valence-electron chi connectivity index (χ2n) is 16.4. The van der Waals surface area contributed by atoms with E-state index in [4.69, 9.17) is 11.6 Å². The van der Waals surface area contributed by atoms with Crippen molar-refractivity contribution < 1.29 is 0 Å². The lowest BCUT2D eigenvalue weighted by Crippen LogP contribution is -2.68. The van der Waals surface area contributed by atoms with Gasteiger partial charge >= 0.3 is 0 Å². The molecule has 1 aromatic rings. The van der Waals surface area contributed by atoms with Gasteiger partial charge in [-0.3, -0.25) is 0 Å². The van der Waals surface area contributed by atoms with E-state index in [1.807, 2.05) is 0 Å². The first kappa shape index (κ1) is 29.0. The van der Waals surface area contributed by atoms with Gasteiger partial charge in [0.05, 0.1) is 0 Å². The summed E-state index contributed by atoms with van der Waals surface area (Å²) in [7, 11) is 0. The number of allylic oxidation sites excluding steroid dienone is 3. The molecule has 40 heavy (non-hydrogen) atoms. The average molecular weight is 562 g/mol. The van der Waals surface area contributed by atoms with E-state index in [1.54, 1.807) is 5.57 Å². The van der Waals surface area contributed by atoms with Crippen molar-refractivity contribution in [3.8, 4) is 0 Å². The van der Waals surface area contributed by atoms with Gasteiger partial charge < -0.3 is 5.32 Å². The molecule has 0 bridgehead atoms. The molecule has 9 atom stereocenters. The highest BCUT2D eigenvalue weighted by Gasteiger charge is 2.70. The summed E-state index contributed by atoms with van der Waals surface area (Å²) in [5.74, 6) is 4.40. The molecule has 1 nitrogen and oxygen atoms in total. The van der Waals surface area contributed by atoms with E-state index < -0.39 is 0 Å². The molecular formula is C38H56ClN. The van der Waals surface area contributed by atoms with Gasteiger partial charge in [-0.25, -0.2) is 0 Å². The fourth-order valence-corrected chi connectivity index (χ4v) is 12.7. The minimum absolute atomic E-state index is 0.199. The lowest BCUT2D eigenvalue weighted by Gasteiger charge is -2.72. The van der Waals surface area contributed by atoms with E-state index in [0.717, 1.165) is 24.3 Å². The molecule has 4 fully saturated rings. The van der Waals surface area contributed by atoms with Crippen molar-refractivity contribution in [2.24, 2.45) is 51.2 Å². The van der Waals surface area contributed by atoms with E-state index >= 15 is 0 Å². The number of aryl methyl sites for hydroxylation is 1. The standard InChI is InChI=1S/C38H56ClN/c1-25(2)28-15-20-38(40-24-23-39)22-21-36(7)30(33(28)38)13-14-32-35(6)18-16-29(27-11-9-26(3)10-12-27)34(4,5)31(35)17-19-37(32,36)8/h9-12,16,28,30-33,40H,1,13-15,17-24H2,2-8H3/t28-,30+,31-,32+,33+,35-,36+,37+,38-/m0/s1. The van der Waals surface area contributed by atoms with Gasteiger partial charge in [-0.15, -0.1) is 11.6 Å². The molecule has 0 aromatic heterocycles. The Morgan fingerprint density at radius 3 is 2.30 bits per heavy atom. The maximum atomic E-state index is 6.26. The third-order valence-corrected chi connectivity index (χ3v) is 14.8. The predicted octanol–water partition coefficient (Wildman–Crippen LogP) is 10.2. The Kier molecular flexibility index (Phi) is 7.07. The first-order valence-corrected chi connectivity index (χ1v) is 17.1. The summed E-state index contributed by atoms with van der Waals surface area (Å²) in [6.45, 7) is 23.4. The number of fused-ring (bicyclic) bond motifs is 7. The van der Waals surface area contributed by atoms with Crippen molar-refractivity contribution in [2.45, 2.75) is 112 Å². The molecule has 0 aliphatic heterocycles. The van der Waals surface area contributed by atoms with Crippen LogP contribution in [0, 0.1) is 58.2 Å². The molecule has 0 amide bonds. The van der Waals surface area contributed by atoms with Crippen molar-refractivity contribution >= 4 is 17.2 Å². The highest BCUT2D eigenvalue weighted by molar-refractivity contribution is 6.18. The molecule has 2 heteroatoms. The molecule has 0 radical (unpaired) electrons. The number of rotatable bonds is 5. The number of alkyl halides is 1. The lowest BCUT2D eigenvalue weighted by molar-refractivity contribution is -0.219. The Bertz CT molecular complexity index is 1180. The summed E-state index contributed by atoms with van der Waals surface area (Å²) in [6, 6.07) is 9.34. The van der Waals surface area contributed by atoms with Gasteiger partial charge in [-0.05, 0) is 134 Å². The smallest absolute Gasteiger partial charge is 0.0348 e. The fraction of sp³-hybridized carbons (Fsp3) is 0.737. The van der Waals surface area contributed by atoms with Crippen LogP contribution in [-0.4, -0.2) is 18.0 Å².